The van der Waals surface area contributed by atoms with Gasteiger partial charge in [-0.2, -0.15) is 9.97 Å². The second-order valence-corrected chi connectivity index (χ2v) is 6.46. The SMILES string of the molecule is CC(C)c1nc([C@H]2CCCN2C(=O)Cc2nc3ncccn3n2)no1. The Labute approximate surface area is 144 Å². The first kappa shape index (κ1) is 15.7. The highest BCUT2D eigenvalue weighted by Gasteiger charge is 2.34. The molecule has 0 aliphatic carbocycles. The van der Waals surface area contributed by atoms with Crippen LogP contribution in [0.3, 0.4) is 0 Å². The van der Waals surface area contributed by atoms with Gasteiger partial charge in [0.25, 0.3) is 5.78 Å². The molecule has 1 fully saturated rings. The molecule has 1 atom stereocenters. The zero-order valence-corrected chi connectivity index (χ0v) is 14.2. The Kier molecular flexibility index (Phi) is 3.90. The lowest BCUT2D eigenvalue weighted by Gasteiger charge is -2.21. The summed E-state index contributed by atoms with van der Waals surface area (Å²) in [7, 11) is 0. The van der Waals surface area contributed by atoms with E-state index >= 15 is 0 Å². The highest BCUT2D eigenvalue weighted by atomic mass is 16.5. The fourth-order valence-electron chi connectivity index (χ4n) is 3.04. The number of nitrogens with zero attached hydrogens (tertiary/aromatic N) is 7. The number of rotatable bonds is 4. The van der Waals surface area contributed by atoms with E-state index in [4.69, 9.17) is 4.52 Å². The lowest BCUT2D eigenvalue weighted by molar-refractivity contribution is -0.131. The van der Waals surface area contributed by atoms with E-state index in [1.165, 1.54) is 0 Å². The summed E-state index contributed by atoms with van der Waals surface area (Å²) in [6, 6.07) is 1.63. The second kappa shape index (κ2) is 6.23. The Hall–Kier alpha value is -2.84. The Bertz CT molecular complexity index is 868. The van der Waals surface area contributed by atoms with Gasteiger partial charge in [-0.1, -0.05) is 19.0 Å². The Morgan fingerprint density at radius 2 is 2.28 bits per heavy atom. The van der Waals surface area contributed by atoms with E-state index in [0.29, 0.717) is 29.9 Å². The minimum absolute atomic E-state index is 0.0331. The van der Waals surface area contributed by atoms with Gasteiger partial charge in [0, 0.05) is 24.9 Å². The molecule has 0 bridgehead atoms. The molecular weight excluding hydrogens is 322 g/mol. The van der Waals surface area contributed by atoms with E-state index in [-0.39, 0.29) is 24.3 Å². The molecule has 0 aromatic carbocycles. The predicted octanol–water partition coefficient (Wildman–Crippen LogP) is 1.54. The molecule has 0 unspecified atom stereocenters. The van der Waals surface area contributed by atoms with E-state index in [1.807, 2.05) is 13.8 Å². The average molecular weight is 341 g/mol. The Morgan fingerprint density at radius 3 is 3.04 bits per heavy atom. The Morgan fingerprint density at radius 1 is 1.40 bits per heavy atom. The van der Waals surface area contributed by atoms with Gasteiger partial charge in [-0.25, -0.2) is 9.50 Å². The summed E-state index contributed by atoms with van der Waals surface area (Å²) in [5, 5.41) is 8.36. The molecule has 9 heteroatoms. The van der Waals surface area contributed by atoms with Gasteiger partial charge in [-0.05, 0) is 18.9 Å². The first-order chi connectivity index (χ1) is 12.1. The molecular formula is C16H19N7O2. The zero-order valence-electron chi connectivity index (χ0n) is 14.2. The molecule has 1 saturated heterocycles. The smallest absolute Gasteiger partial charge is 0.252 e. The molecule has 4 heterocycles. The van der Waals surface area contributed by atoms with E-state index in [2.05, 4.69) is 25.2 Å². The first-order valence-electron chi connectivity index (χ1n) is 8.41. The van der Waals surface area contributed by atoms with Gasteiger partial charge < -0.3 is 9.42 Å². The molecule has 1 aliphatic heterocycles. The summed E-state index contributed by atoms with van der Waals surface area (Å²) in [6.07, 6.45) is 5.29. The molecule has 9 nitrogen and oxygen atoms in total. The van der Waals surface area contributed by atoms with Crippen molar-refractivity contribution in [2.45, 2.75) is 45.1 Å². The lowest BCUT2D eigenvalue weighted by atomic mass is 10.2. The third kappa shape index (κ3) is 2.97. The molecule has 1 amide bonds. The summed E-state index contributed by atoms with van der Waals surface area (Å²) < 4.78 is 6.86. The number of carbonyl (C=O) groups is 1. The summed E-state index contributed by atoms with van der Waals surface area (Å²) in [4.78, 5) is 27.4. The molecule has 3 aromatic rings. The van der Waals surface area contributed by atoms with Gasteiger partial charge in [0.1, 0.15) is 0 Å². The van der Waals surface area contributed by atoms with Gasteiger partial charge in [0.15, 0.2) is 11.6 Å². The second-order valence-electron chi connectivity index (χ2n) is 6.46. The molecule has 4 rings (SSSR count). The van der Waals surface area contributed by atoms with Crippen LogP contribution in [0.15, 0.2) is 23.0 Å². The van der Waals surface area contributed by atoms with Crippen molar-refractivity contribution in [2.75, 3.05) is 6.54 Å². The minimum atomic E-state index is -0.140. The molecule has 25 heavy (non-hydrogen) atoms. The summed E-state index contributed by atoms with van der Waals surface area (Å²) in [5.41, 5.74) is 0. The van der Waals surface area contributed by atoms with Crippen LogP contribution in [-0.4, -0.2) is 47.1 Å². The van der Waals surface area contributed by atoms with Crippen LogP contribution in [0.4, 0.5) is 0 Å². The Balaban J connectivity index is 1.51. The zero-order chi connectivity index (χ0) is 17.4. The normalized spacial score (nSPS) is 17.7. The van der Waals surface area contributed by atoms with E-state index in [1.54, 1.807) is 27.9 Å². The summed E-state index contributed by atoms with van der Waals surface area (Å²) in [5.74, 6) is 2.27. The van der Waals surface area contributed by atoms with Crippen molar-refractivity contribution >= 4 is 11.7 Å². The number of hydrogen-bond acceptors (Lipinski definition) is 7. The van der Waals surface area contributed by atoms with Crippen LogP contribution in [-0.2, 0) is 11.2 Å². The van der Waals surface area contributed by atoms with Gasteiger partial charge in [-0.15, -0.1) is 5.10 Å². The molecule has 0 spiro atoms. The van der Waals surface area contributed by atoms with Crippen LogP contribution in [0.1, 0.15) is 56.2 Å². The highest BCUT2D eigenvalue weighted by molar-refractivity contribution is 5.78. The molecule has 3 aromatic heterocycles. The van der Waals surface area contributed by atoms with Crippen molar-refractivity contribution < 1.29 is 9.32 Å². The molecule has 130 valence electrons. The summed E-state index contributed by atoms with van der Waals surface area (Å²) in [6.45, 7) is 4.68. The van der Waals surface area contributed by atoms with E-state index in [0.717, 1.165) is 12.8 Å². The fraction of sp³-hybridized carbons (Fsp3) is 0.500. The van der Waals surface area contributed by atoms with Crippen LogP contribution in [0.5, 0.6) is 0 Å². The van der Waals surface area contributed by atoms with Crippen molar-refractivity contribution in [1.29, 1.82) is 0 Å². The van der Waals surface area contributed by atoms with Crippen LogP contribution >= 0.6 is 0 Å². The lowest BCUT2D eigenvalue weighted by Crippen LogP contribution is -2.32. The number of likely N-dealkylation sites (tertiary alicyclic amines) is 1. The average Bonchev–Trinajstić information content (AvgIpc) is 3.32. The molecule has 0 N–H and O–H groups in total. The standard InChI is InChI=1S/C16H19N7O2/c1-10(2)15-19-14(21-25-15)11-5-3-7-22(11)13(24)9-12-18-16-17-6-4-8-23(16)20-12/h4,6,8,10-11H,3,5,7,9H2,1-2H3/t11-/m1/s1. The number of carbonyl (C=O) groups excluding carboxylic acids is 1. The molecule has 1 aliphatic rings. The highest BCUT2D eigenvalue weighted by Crippen LogP contribution is 2.31. The van der Waals surface area contributed by atoms with E-state index < -0.39 is 0 Å². The van der Waals surface area contributed by atoms with Gasteiger partial charge in [-0.3, -0.25) is 4.79 Å². The minimum Gasteiger partial charge on any atom is -0.339 e. The fourth-order valence-corrected chi connectivity index (χ4v) is 3.04. The van der Waals surface area contributed by atoms with Gasteiger partial charge in [0.05, 0.1) is 12.5 Å². The van der Waals surface area contributed by atoms with Gasteiger partial charge in [0.2, 0.25) is 11.8 Å². The van der Waals surface area contributed by atoms with Crippen LogP contribution in [0.25, 0.3) is 5.78 Å². The maximum absolute atomic E-state index is 12.7. The number of fused-ring (bicyclic) bond motifs is 1. The predicted molar refractivity (Wildman–Crippen MR) is 86.6 cm³/mol. The van der Waals surface area contributed by atoms with Crippen LogP contribution in [0, 0.1) is 0 Å². The van der Waals surface area contributed by atoms with Crippen molar-refractivity contribution in [3.05, 3.63) is 36.0 Å². The number of aromatic nitrogens is 6. The number of hydrogen-bond donors (Lipinski definition) is 0. The third-order valence-electron chi connectivity index (χ3n) is 4.29. The van der Waals surface area contributed by atoms with Crippen LogP contribution in [0.2, 0.25) is 0 Å². The van der Waals surface area contributed by atoms with Gasteiger partial charge >= 0.3 is 0 Å². The summed E-state index contributed by atoms with van der Waals surface area (Å²) >= 11 is 0. The first-order valence-corrected chi connectivity index (χ1v) is 8.41. The number of amides is 1. The maximum atomic E-state index is 12.7. The molecule has 0 radical (unpaired) electrons. The van der Waals surface area contributed by atoms with Crippen molar-refractivity contribution in [1.82, 2.24) is 34.6 Å². The van der Waals surface area contributed by atoms with Crippen LogP contribution < -0.4 is 0 Å². The van der Waals surface area contributed by atoms with E-state index in [9.17, 15) is 4.79 Å². The third-order valence-corrected chi connectivity index (χ3v) is 4.29. The van der Waals surface area contributed by atoms with Crippen molar-refractivity contribution in [3.63, 3.8) is 0 Å². The largest absolute Gasteiger partial charge is 0.339 e. The van der Waals surface area contributed by atoms with Crippen molar-refractivity contribution in [2.24, 2.45) is 0 Å². The topological polar surface area (TPSA) is 102 Å². The monoisotopic (exact) mass is 341 g/mol. The van der Waals surface area contributed by atoms with Crippen molar-refractivity contribution in [3.8, 4) is 0 Å². The maximum Gasteiger partial charge on any atom is 0.252 e. The quantitative estimate of drug-likeness (QED) is 0.709. The molecule has 0 saturated carbocycles.